The van der Waals surface area contributed by atoms with Crippen molar-refractivity contribution in [1.29, 1.82) is 0 Å². The van der Waals surface area contributed by atoms with Crippen molar-refractivity contribution in [3.63, 3.8) is 0 Å². The number of hydrogen-bond donors (Lipinski definition) is 2. The molecule has 0 saturated heterocycles. The molecule has 1 aromatic heterocycles. The van der Waals surface area contributed by atoms with Gasteiger partial charge in [0.25, 0.3) is 0 Å². The lowest BCUT2D eigenvalue weighted by Gasteiger charge is -2.21. The van der Waals surface area contributed by atoms with Gasteiger partial charge in [0.1, 0.15) is 0 Å². The molecule has 2 N–H and O–H groups in total. The highest BCUT2D eigenvalue weighted by atomic mass is 16.1. The molecule has 0 aromatic carbocycles. The molecular weight excluding hydrogens is 250 g/mol. The Morgan fingerprint density at radius 1 is 1.40 bits per heavy atom. The van der Waals surface area contributed by atoms with Gasteiger partial charge in [0.2, 0.25) is 5.91 Å². The molecule has 1 rings (SSSR count). The Balaban J connectivity index is 2.53. The minimum atomic E-state index is 0.113. The summed E-state index contributed by atoms with van der Waals surface area (Å²) < 4.78 is 2.18. The van der Waals surface area contributed by atoms with Crippen molar-refractivity contribution in [2.24, 2.45) is 5.92 Å². The molecule has 0 spiro atoms. The van der Waals surface area contributed by atoms with Crippen molar-refractivity contribution in [2.75, 3.05) is 13.6 Å². The molecule has 114 valence electrons. The van der Waals surface area contributed by atoms with Crippen LogP contribution in [-0.4, -0.2) is 24.1 Å². The van der Waals surface area contributed by atoms with E-state index in [-0.39, 0.29) is 5.91 Å². The molecule has 0 aliphatic rings. The summed E-state index contributed by atoms with van der Waals surface area (Å²) in [7, 11) is 1.68. The predicted molar refractivity (Wildman–Crippen MR) is 83.6 cm³/mol. The van der Waals surface area contributed by atoms with Crippen LogP contribution < -0.4 is 10.6 Å². The fourth-order valence-corrected chi connectivity index (χ4v) is 2.37. The Labute approximate surface area is 122 Å². The lowest BCUT2D eigenvalue weighted by atomic mass is 9.98. The van der Waals surface area contributed by atoms with E-state index in [2.05, 4.69) is 54.4 Å². The predicted octanol–water partition coefficient (Wildman–Crippen LogP) is 2.71. The highest BCUT2D eigenvalue weighted by Gasteiger charge is 2.15. The fourth-order valence-electron chi connectivity index (χ4n) is 2.37. The number of hydrogen-bond acceptors (Lipinski definition) is 2. The van der Waals surface area contributed by atoms with E-state index in [0.717, 1.165) is 25.9 Å². The normalized spacial score (nSPS) is 12.7. The van der Waals surface area contributed by atoms with Gasteiger partial charge in [-0.25, -0.2) is 0 Å². The van der Waals surface area contributed by atoms with Crippen LogP contribution in [0.3, 0.4) is 0 Å². The Bertz CT molecular complexity index is 398. The zero-order valence-electron chi connectivity index (χ0n) is 13.3. The van der Waals surface area contributed by atoms with E-state index in [0.29, 0.717) is 18.4 Å². The Hall–Kier alpha value is -1.29. The second kappa shape index (κ2) is 8.80. The number of rotatable bonds is 9. The summed E-state index contributed by atoms with van der Waals surface area (Å²) in [5.74, 6) is 0.685. The first-order valence-corrected chi connectivity index (χ1v) is 7.68. The second-order valence-electron chi connectivity index (χ2n) is 5.64. The molecule has 1 amide bonds. The van der Waals surface area contributed by atoms with Gasteiger partial charge < -0.3 is 15.2 Å². The third-order valence-corrected chi connectivity index (χ3v) is 3.51. The maximum atomic E-state index is 11.2. The van der Waals surface area contributed by atoms with Crippen molar-refractivity contribution in [3.8, 4) is 0 Å². The van der Waals surface area contributed by atoms with Crippen molar-refractivity contribution in [1.82, 2.24) is 15.2 Å². The SMILES string of the molecule is CCCNC(c1ccn(CCCC(=O)NC)c1)C(C)C. The molecule has 1 aromatic rings. The summed E-state index contributed by atoms with van der Waals surface area (Å²) in [6.45, 7) is 8.62. The van der Waals surface area contributed by atoms with E-state index >= 15 is 0 Å². The highest BCUT2D eigenvalue weighted by Crippen LogP contribution is 2.22. The monoisotopic (exact) mass is 279 g/mol. The summed E-state index contributed by atoms with van der Waals surface area (Å²) in [6, 6.07) is 2.60. The number of amides is 1. The van der Waals surface area contributed by atoms with Crippen LogP contribution in [-0.2, 0) is 11.3 Å². The van der Waals surface area contributed by atoms with Crippen molar-refractivity contribution >= 4 is 5.91 Å². The largest absolute Gasteiger partial charge is 0.359 e. The average Bonchev–Trinajstić information content (AvgIpc) is 2.87. The van der Waals surface area contributed by atoms with E-state index < -0.39 is 0 Å². The number of nitrogens with zero attached hydrogens (tertiary/aromatic N) is 1. The van der Waals surface area contributed by atoms with Gasteiger partial charge in [-0.2, -0.15) is 0 Å². The molecule has 4 nitrogen and oxygen atoms in total. The number of aryl methyl sites for hydroxylation is 1. The lowest BCUT2D eigenvalue weighted by molar-refractivity contribution is -0.120. The molecule has 0 aliphatic heterocycles. The van der Waals surface area contributed by atoms with Crippen LogP contribution >= 0.6 is 0 Å². The molecule has 20 heavy (non-hydrogen) atoms. The van der Waals surface area contributed by atoms with Crippen LogP contribution in [0, 0.1) is 5.92 Å². The number of carbonyl (C=O) groups is 1. The maximum Gasteiger partial charge on any atom is 0.219 e. The Kier molecular flexibility index (Phi) is 7.37. The molecule has 1 heterocycles. The smallest absolute Gasteiger partial charge is 0.219 e. The van der Waals surface area contributed by atoms with E-state index in [1.165, 1.54) is 5.56 Å². The van der Waals surface area contributed by atoms with Crippen LogP contribution in [0.15, 0.2) is 18.5 Å². The van der Waals surface area contributed by atoms with Gasteiger partial charge in [0, 0.05) is 38.4 Å². The van der Waals surface area contributed by atoms with Gasteiger partial charge in [-0.05, 0) is 36.9 Å². The molecular formula is C16H29N3O. The minimum absolute atomic E-state index is 0.113. The summed E-state index contributed by atoms with van der Waals surface area (Å²) in [5.41, 5.74) is 1.34. The summed E-state index contributed by atoms with van der Waals surface area (Å²) in [5, 5.41) is 6.26. The summed E-state index contributed by atoms with van der Waals surface area (Å²) in [6.07, 6.45) is 6.93. The van der Waals surface area contributed by atoms with E-state index in [1.54, 1.807) is 7.05 Å². The molecule has 0 aliphatic carbocycles. The van der Waals surface area contributed by atoms with E-state index in [1.807, 2.05) is 0 Å². The summed E-state index contributed by atoms with van der Waals surface area (Å²) in [4.78, 5) is 11.2. The molecule has 0 fully saturated rings. The maximum absolute atomic E-state index is 11.2. The first-order valence-electron chi connectivity index (χ1n) is 7.68. The molecule has 1 atom stereocenters. The molecule has 4 heteroatoms. The van der Waals surface area contributed by atoms with Crippen LogP contribution in [0.1, 0.15) is 51.6 Å². The van der Waals surface area contributed by atoms with Crippen LogP contribution in [0.4, 0.5) is 0 Å². The summed E-state index contributed by atoms with van der Waals surface area (Å²) >= 11 is 0. The first kappa shape index (κ1) is 16.8. The van der Waals surface area contributed by atoms with Crippen molar-refractivity contribution < 1.29 is 4.79 Å². The first-order chi connectivity index (χ1) is 9.58. The zero-order chi connectivity index (χ0) is 15.0. The van der Waals surface area contributed by atoms with E-state index in [4.69, 9.17) is 0 Å². The van der Waals surface area contributed by atoms with Gasteiger partial charge in [-0.1, -0.05) is 20.8 Å². The standard InChI is InChI=1S/C16H29N3O/c1-5-9-18-16(13(2)3)14-8-11-19(12-14)10-6-7-15(20)17-4/h8,11-13,16,18H,5-7,9-10H2,1-4H3,(H,17,20). The van der Waals surface area contributed by atoms with Crippen molar-refractivity contribution in [3.05, 3.63) is 24.0 Å². The molecule has 0 radical (unpaired) electrons. The van der Waals surface area contributed by atoms with Gasteiger partial charge in [-0.15, -0.1) is 0 Å². The topological polar surface area (TPSA) is 46.1 Å². The number of carbonyl (C=O) groups excluding carboxylic acids is 1. The fraction of sp³-hybridized carbons (Fsp3) is 0.688. The number of aromatic nitrogens is 1. The molecule has 1 unspecified atom stereocenters. The zero-order valence-corrected chi connectivity index (χ0v) is 13.3. The van der Waals surface area contributed by atoms with Gasteiger partial charge in [0.05, 0.1) is 0 Å². The average molecular weight is 279 g/mol. The second-order valence-corrected chi connectivity index (χ2v) is 5.64. The van der Waals surface area contributed by atoms with Crippen molar-refractivity contribution in [2.45, 2.75) is 52.6 Å². The lowest BCUT2D eigenvalue weighted by Crippen LogP contribution is -2.26. The van der Waals surface area contributed by atoms with Crippen LogP contribution in [0.5, 0.6) is 0 Å². The highest BCUT2D eigenvalue weighted by molar-refractivity contribution is 5.75. The number of nitrogens with one attached hydrogen (secondary N) is 2. The molecule has 0 saturated carbocycles. The minimum Gasteiger partial charge on any atom is -0.359 e. The van der Waals surface area contributed by atoms with Gasteiger partial charge in [-0.3, -0.25) is 4.79 Å². The Morgan fingerprint density at radius 3 is 2.75 bits per heavy atom. The van der Waals surface area contributed by atoms with Crippen LogP contribution in [0.2, 0.25) is 0 Å². The van der Waals surface area contributed by atoms with Crippen LogP contribution in [0.25, 0.3) is 0 Å². The third kappa shape index (κ3) is 5.37. The Morgan fingerprint density at radius 2 is 2.15 bits per heavy atom. The van der Waals surface area contributed by atoms with Gasteiger partial charge >= 0.3 is 0 Å². The molecule has 0 bridgehead atoms. The van der Waals surface area contributed by atoms with Gasteiger partial charge in [0.15, 0.2) is 0 Å². The van der Waals surface area contributed by atoms with E-state index in [9.17, 15) is 4.79 Å². The third-order valence-electron chi connectivity index (χ3n) is 3.51. The quantitative estimate of drug-likeness (QED) is 0.730.